The molecule has 1 amide bonds. The lowest BCUT2D eigenvalue weighted by Crippen LogP contribution is -2.53. The number of carbonyl (C=O) groups is 1. The van der Waals surface area contributed by atoms with Crippen molar-refractivity contribution in [3.63, 3.8) is 0 Å². The molecule has 21 heavy (non-hydrogen) atoms. The Balaban J connectivity index is 2.00. The van der Waals surface area contributed by atoms with Crippen LogP contribution in [0.4, 0.5) is 0 Å². The van der Waals surface area contributed by atoms with Gasteiger partial charge in [-0.25, -0.2) is 0 Å². The molecule has 0 spiro atoms. The van der Waals surface area contributed by atoms with Crippen LogP contribution in [0.5, 0.6) is 0 Å². The van der Waals surface area contributed by atoms with Crippen LogP contribution in [0.1, 0.15) is 46.0 Å². The molecule has 2 aliphatic heterocycles. The van der Waals surface area contributed by atoms with E-state index in [1.54, 1.807) is 0 Å². The highest BCUT2D eigenvalue weighted by molar-refractivity contribution is 5.82. The molecule has 2 aliphatic rings. The van der Waals surface area contributed by atoms with Gasteiger partial charge in [0.2, 0.25) is 5.91 Å². The minimum absolute atomic E-state index is 0.0641. The number of amides is 1. The Morgan fingerprint density at radius 3 is 2.67 bits per heavy atom. The van der Waals surface area contributed by atoms with Crippen molar-refractivity contribution >= 4 is 5.91 Å². The molecular weight excluding hydrogens is 266 g/mol. The highest BCUT2D eigenvalue weighted by Gasteiger charge is 2.38. The number of carbonyl (C=O) groups excluding carboxylic acids is 1. The van der Waals surface area contributed by atoms with Crippen LogP contribution in [-0.2, 0) is 4.79 Å². The number of aliphatic hydroxyl groups is 1. The fraction of sp³-hybridized carbons (Fsp3) is 0.938. The summed E-state index contributed by atoms with van der Waals surface area (Å²) in [5, 5.41) is 12.4. The van der Waals surface area contributed by atoms with Crippen molar-refractivity contribution in [2.75, 3.05) is 32.8 Å². The predicted octanol–water partition coefficient (Wildman–Crippen LogP) is 0.822. The van der Waals surface area contributed by atoms with Gasteiger partial charge in [0.25, 0.3) is 0 Å². The number of hydrogen-bond donors (Lipinski definition) is 2. The summed E-state index contributed by atoms with van der Waals surface area (Å²) >= 11 is 0. The van der Waals surface area contributed by atoms with Crippen molar-refractivity contribution in [1.82, 2.24) is 15.1 Å². The van der Waals surface area contributed by atoms with E-state index in [2.05, 4.69) is 24.1 Å². The third-order valence-electron chi connectivity index (χ3n) is 4.82. The van der Waals surface area contributed by atoms with Crippen molar-refractivity contribution in [3.8, 4) is 0 Å². The lowest BCUT2D eigenvalue weighted by atomic mass is 10.0. The lowest BCUT2D eigenvalue weighted by molar-refractivity contribution is -0.138. The maximum Gasteiger partial charge on any atom is 0.240 e. The number of nitrogens with zero attached hydrogens (tertiary/aromatic N) is 2. The number of likely N-dealkylation sites (tertiary alicyclic amines) is 1. The second-order valence-corrected chi connectivity index (χ2v) is 6.58. The summed E-state index contributed by atoms with van der Waals surface area (Å²) in [6.07, 6.45) is 5.10. The zero-order chi connectivity index (χ0) is 15.2. The average Bonchev–Trinajstić information content (AvgIpc) is 2.97. The fourth-order valence-electron chi connectivity index (χ4n) is 3.68. The Morgan fingerprint density at radius 1 is 1.33 bits per heavy atom. The van der Waals surface area contributed by atoms with Gasteiger partial charge in [-0.1, -0.05) is 0 Å². The van der Waals surface area contributed by atoms with E-state index in [1.165, 1.54) is 0 Å². The molecular formula is C16H31N3O2. The van der Waals surface area contributed by atoms with E-state index >= 15 is 0 Å². The van der Waals surface area contributed by atoms with E-state index < -0.39 is 0 Å². The summed E-state index contributed by atoms with van der Waals surface area (Å²) in [5.41, 5.74) is 0. The van der Waals surface area contributed by atoms with Gasteiger partial charge in [-0.2, -0.15) is 0 Å². The minimum atomic E-state index is 0.0641. The molecule has 5 heteroatoms. The Hall–Kier alpha value is -0.650. The van der Waals surface area contributed by atoms with E-state index in [1.807, 2.05) is 4.90 Å². The molecule has 1 unspecified atom stereocenters. The first-order valence-corrected chi connectivity index (χ1v) is 8.53. The number of rotatable bonds is 6. The summed E-state index contributed by atoms with van der Waals surface area (Å²) in [6, 6.07) is 0.836. The second kappa shape index (κ2) is 8.11. The molecule has 1 atom stereocenters. The van der Waals surface area contributed by atoms with E-state index in [9.17, 15) is 4.79 Å². The summed E-state index contributed by atoms with van der Waals surface area (Å²) in [6.45, 7) is 8.16. The summed E-state index contributed by atoms with van der Waals surface area (Å²) < 4.78 is 0. The SMILES string of the molecule is CC(C)N(CCCO)C(=O)C1CCCN1C1CCNCC1. The third-order valence-corrected chi connectivity index (χ3v) is 4.82. The molecule has 2 saturated heterocycles. The molecule has 5 nitrogen and oxygen atoms in total. The van der Waals surface area contributed by atoms with Gasteiger partial charge in [-0.3, -0.25) is 9.69 Å². The minimum Gasteiger partial charge on any atom is -0.396 e. The molecule has 2 N–H and O–H groups in total. The van der Waals surface area contributed by atoms with Gasteiger partial charge in [0.1, 0.15) is 0 Å². The Bertz CT molecular complexity index is 329. The molecule has 0 aliphatic carbocycles. The van der Waals surface area contributed by atoms with Crippen LogP contribution < -0.4 is 5.32 Å². The van der Waals surface area contributed by atoms with Gasteiger partial charge in [-0.05, 0) is 65.6 Å². The molecule has 0 aromatic carbocycles. The Morgan fingerprint density at radius 2 is 2.05 bits per heavy atom. The molecule has 0 saturated carbocycles. The number of hydrogen-bond acceptors (Lipinski definition) is 4. The molecule has 0 aromatic heterocycles. The van der Waals surface area contributed by atoms with Gasteiger partial charge in [-0.15, -0.1) is 0 Å². The van der Waals surface area contributed by atoms with Crippen molar-refractivity contribution in [2.24, 2.45) is 0 Å². The van der Waals surface area contributed by atoms with Gasteiger partial charge in [0, 0.05) is 25.2 Å². The molecule has 122 valence electrons. The summed E-state index contributed by atoms with van der Waals surface area (Å²) in [7, 11) is 0. The van der Waals surface area contributed by atoms with Gasteiger partial charge in [0.15, 0.2) is 0 Å². The molecule has 0 bridgehead atoms. The normalized spacial score (nSPS) is 24.7. The van der Waals surface area contributed by atoms with Crippen LogP contribution >= 0.6 is 0 Å². The first kappa shape index (κ1) is 16.7. The van der Waals surface area contributed by atoms with Gasteiger partial charge in [0.05, 0.1) is 6.04 Å². The summed E-state index contributed by atoms with van der Waals surface area (Å²) in [5.74, 6) is 0.273. The van der Waals surface area contributed by atoms with Crippen LogP contribution in [0.2, 0.25) is 0 Å². The van der Waals surface area contributed by atoms with Crippen molar-refractivity contribution in [3.05, 3.63) is 0 Å². The van der Waals surface area contributed by atoms with Crippen molar-refractivity contribution < 1.29 is 9.90 Å². The zero-order valence-corrected chi connectivity index (χ0v) is 13.6. The number of aliphatic hydroxyl groups excluding tert-OH is 1. The second-order valence-electron chi connectivity index (χ2n) is 6.58. The van der Waals surface area contributed by atoms with E-state index in [4.69, 9.17) is 5.11 Å². The highest BCUT2D eigenvalue weighted by Crippen LogP contribution is 2.26. The molecule has 0 aromatic rings. The predicted molar refractivity (Wildman–Crippen MR) is 84.2 cm³/mol. The Labute approximate surface area is 128 Å². The fourth-order valence-corrected chi connectivity index (χ4v) is 3.68. The summed E-state index contributed by atoms with van der Waals surface area (Å²) in [4.78, 5) is 17.3. The first-order chi connectivity index (χ1) is 10.1. The van der Waals surface area contributed by atoms with Crippen LogP contribution in [-0.4, -0.2) is 71.7 Å². The number of nitrogens with one attached hydrogen (secondary N) is 1. The Kier molecular flexibility index (Phi) is 6.45. The molecule has 2 rings (SSSR count). The topological polar surface area (TPSA) is 55.8 Å². The molecule has 2 fully saturated rings. The monoisotopic (exact) mass is 297 g/mol. The van der Waals surface area contributed by atoms with Crippen LogP contribution in [0, 0.1) is 0 Å². The van der Waals surface area contributed by atoms with Gasteiger partial charge >= 0.3 is 0 Å². The maximum atomic E-state index is 12.9. The van der Waals surface area contributed by atoms with Crippen molar-refractivity contribution in [2.45, 2.75) is 64.1 Å². The van der Waals surface area contributed by atoms with Crippen LogP contribution in [0.25, 0.3) is 0 Å². The van der Waals surface area contributed by atoms with E-state index in [-0.39, 0.29) is 24.6 Å². The third kappa shape index (κ3) is 4.18. The molecule has 0 radical (unpaired) electrons. The molecule has 2 heterocycles. The first-order valence-electron chi connectivity index (χ1n) is 8.53. The average molecular weight is 297 g/mol. The highest BCUT2D eigenvalue weighted by atomic mass is 16.3. The maximum absolute atomic E-state index is 12.9. The van der Waals surface area contributed by atoms with Crippen LogP contribution in [0.15, 0.2) is 0 Å². The van der Waals surface area contributed by atoms with Crippen molar-refractivity contribution in [1.29, 1.82) is 0 Å². The number of piperidine rings is 1. The van der Waals surface area contributed by atoms with Gasteiger partial charge < -0.3 is 15.3 Å². The van der Waals surface area contributed by atoms with E-state index in [0.717, 1.165) is 45.3 Å². The zero-order valence-electron chi connectivity index (χ0n) is 13.6. The van der Waals surface area contributed by atoms with E-state index in [0.29, 0.717) is 19.0 Å². The standard InChI is InChI=1S/C16H31N3O2/c1-13(2)18(11-4-12-20)16(21)15-5-3-10-19(15)14-6-8-17-9-7-14/h13-15,17,20H,3-12H2,1-2H3. The largest absolute Gasteiger partial charge is 0.396 e. The van der Waals surface area contributed by atoms with Crippen LogP contribution in [0.3, 0.4) is 0 Å². The quantitative estimate of drug-likeness (QED) is 0.762. The smallest absolute Gasteiger partial charge is 0.240 e. The lowest BCUT2D eigenvalue weighted by Gasteiger charge is -2.38.